The van der Waals surface area contributed by atoms with Gasteiger partial charge in [0.25, 0.3) is 5.56 Å². The van der Waals surface area contributed by atoms with E-state index in [0.29, 0.717) is 12.4 Å². The van der Waals surface area contributed by atoms with Gasteiger partial charge >= 0.3 is 0 Å². The Labute approximate surface area is 225 Å². The minimum Gasteiger partial charge on any atom is -0.404 e. The topological polar surface area (TPSA) is 89.4 Å². The second-order valence-corrected chi connectivity index (χ2v) is 9.51. The molecule has 0 spiro atoms. The third-order valence-electron chi connectivity index (χ3n) is 6.74. The maximum absolute atomic E-state index is 12.1. The highest BCUT2D eigenvalue weighted by Crippen LogP contribution is 2.28. The monoisotopic (exact) mass is 510 g/mol. The van der Waals surface area contributed by atoms with Crippen molar-refractivity contribution < 1.29 is 0 Å². The van der Waals surface area contributed by atoms with Crippen molar-refractivity contribution in [3.05, 3.63) is 117 Å². The number of pyridine rings is 1. The lowest BCUT2D eigenvalue weighted by Crippen LogP contribution is -2.31. The fourth-order valence-corrected chi connectivity index (χ4v) is 4.21. The molecule has 198 valence electrons. The van der Waals surface area contributed by atoms with Crippen molar-refractivity contribution in [2.45, 2.75) is 47.6 Å². The van der Waals surface area contributed by atoms with Gasteiger partial charge < -0.3 is 10.6 Å². The molecule has 0 unspecified atom stereocenters. The molecule has 1 aliphatic rings. The molecule has 7 heteroatoms. The third-order valence-corrected chi connectivity index (χ3v) is 6.74. The number of hydrogen-bond donors (Lipinski definition) is 1. The molecule has 0 amide bonds. The zero-order chi connectivity index (χ0) is 27.8. The third kappa shape index (κ3) is 6.54. The molecule has 0 fully saturated rings. The van der Waals surface area contributed by atoms with Crippen LogP contribution >= 0.6 is 0 Å². The predicted octanol–water partition coefficient (Wildman–Crippen LogP) is 5.34. The van der Waals surface area contributed by atoms with E-state index in [9.17, 15) is 4.79 Å². The van der Waals surface area contributed by atoms with E-state index < -0.39 is 0 Å². The van der Waals surface area contributed by atoms with Crippen LogP contribution in [-0.4, -0.2) is 32.2 Å². The number of nitrogens with two attached hydrogens (primary N) is 1. The number of hydrogen-bond acceptors (Lipinski definition) is 6. The number of aromatic nitrogens is 3. The highest BCUT2D eigenvalue weighted by molar-refractivity contribution is 6.10. The first-order valence-corrected chi connectivity index (χ1v) is 12.7. The van der Waals surface area contributed by atoms with Gasteiger partial charge in [-0.3, -0.25) is 19.3 Å². The van der Waals surface area contributed by atoms with E-state index in [-0.39, 0.29) is 5.56 Å². The molecule has 0 aromatic carbocycles. The van der Waals surface area contributed by atoms with Crippen LogP contribution in [0.1, 0.15) is 57.3 Å². The molecular weight excluding hydrogens is 472 g/mol. The highest BCUT2D eigenvalue weighted by atomic mass is 16.1. The summed E-state index contributed by atoms with van der Waals surface area (Å²) < 4.78 is 1.56. The molecule has 2 aromatic rings. The Morgan fingerprint density at radius 1 is 1.18 bits per heavy atom. The number of aliphatic imine (C=N–C) groups is 1. The summed E-state index contributed by atoms with van der Waals surface area (Å²) in [4.78, 5) is 28.2. The molecule has 3 heterocycles. The normalized spacial score (nSPS) is 14.8. The predicted molar refractivity (Wildman–Crippen MR) is 158 cm³/mol. The summed E-state index contributed by atoms with van der Waals surface area (Å²) in [6.07, 6.45) is 15.5. The van der Waals surface area contributed by atoms with E-state index in [1.807, 2.05) is 65.1 Å². The van der Waals surface area contributed by atoms with Crippen LogP contribution in [-0.2, 0) is 20.0 Å². The van der Waals surface area contributed by atoms with Crippen LogP contribution in [0.4, 0.5) is 0 Å². The lowest BCUT2D eigenvalue weighted by molar-refractivity contribution is 0.326. The zero-order valence-electron chi connectivity index (χ0n) is 23.3. The van der Waals surface area contributed by atoms with E-state index in [1.165, 1.54) is 6.07 Å². The first-order valence-electron chi connectivity index (χ1n) is 12.7. The van der Waals surface area contributed by atoms with Crippen LogP contribution in [0.25, 0.3) is 11.1 Å². The van der Waals surface area contributed by atoms with Gasteiger partial charge in [-0.15, -0.1) is 0 Å². The molecule has 0 aliphatic carbocycles. The highest BCUT2D eigenvalue weighted by Gasteiger charge is 2.21. The van der Waals surface area contributed by atoms with Crippen LogP contribution in [0.3, 0.4) is 0 Å². The van der Waals surface area contributed by atoms with Gasteiger partial charge in [0.05, 0.1) is 5.70 Å². The summed E-state index contributed by atoms with van der Waals surface area (Å²) in [6, 6.07) is 3.60. The molecule has 2 aromatic heterocycles. The molecule has 0 radical (unpaired) electrons. The van der Waals surface area contributed by atoms with Crippen LogP contribution in [0.15, 0.2) is 93.9 Å². The van der Waals surface area contributed by atoms with Gasteiger partial charge in [0.2, 0.25) is 0 Å². The molecule has 38 heavy (non-hydrogen) atoms. The van der Waals surface area contributed by atoms with Gasteiger partial charge in [0.1, 0.15) is 5.82 Å². The maximum Gasteiger partial charge on any atom is 0.253 e. The quantitative estimate of drug-likeness (QED) is 0.383. The van der Waals surface area contributed by atoms with Crippen molar-refractivity contribution in [2.75, 3.05) is 6.54 Å². The number of allylic oxidation sites excluding steroid dienone is 8. The van der Waals surface area contributed by atoms with Crippen molar-refractivity contribution in [3.63, 3.8) is 0 Å². The van der Waals surface area contributed by atoms with Crippen molar-refractivity contribution >= 4 is 17.4 Å². The second-order valence-electron chi connectivity index (χ2n) is 9.51. The Balaban J connectivity index is 1.85. The van der Waals surface area contributed by atoms with Crippen LogP contribution < -0.4 is 11.3 Å². The fraction of sp³-hybridized carbons (Fsp3) is 0.290. The maximum atomic E-state index is 12.1. The van der Waals surface area contributed by atoms with Gasteiger partial charge in [-0.1, -0.05) is 30.4 Å². The summed E-state index contributed by atoms with van der Waals surface area (Å²) >= 11 is 0. The minimum atomic E-state index is -0.0869. The molecule has 7 nitrogen and oxygen atoms in total. The van der Waals surface area contributed by atoms with Crippen molar-refractivity contribution in [3.8, 4) is 0 Å². The van der Waals surface area contributed by atoms with Gasteiger partial charge in [0, 0.05) is 80.0 Å². The molecular formula is C31H38N6O. The Kier molecular flexibility index (Phi) is 9.55. The lowest BCUT2D eigenvalue weighted by Gasteiger charge is -2.33. The molecule has 0 atom stereocenters. The average molecular weight is 511 g/mol. The van der Waals surface area contributed by atoms with E-state index in [0.717, 1.165) is 63.5 Å². The van der Waals surface area contributed by atoms with E-state index in [4.69, 9.17) is 10.7 Å². The summed E-state index contributed by atoms with van der Waals surface area (Å²) in [5.74, 6) is 0.644. The standard InChI is InChI=1S/C31H38N6O/c1-8-9-10-11-28(21(2)3)34-19-27(17-32)25-16-26-20-37(15-13-29(26)35-18-25)24(6)22(4)23(5)31-33-14-12-30(38)36(31)7/h8-12,14,16-19H,6,13,15,20,32H2,1-5,7H3/b9-8-,11-10-,23-22-,27-17+,34-19?. The smallest absolute Gasteiger partial charge is 0.253 e. The van der Waals surface area contributed by atoms with Gasteiger partial charge in [-0.2, -0.15) is 0 Å². The molecule has 0 bridgehead atoms. The fourth-order valence-electron chi connectivity index (χ4n) is 4.21. The van der Waals surface area contributed by atoms with E-state index in [1.54, 1.807) is 30.2 Å². The minimum absolute atomic E-state index is 0.0869. The molecule has 2 N–H and O–H groups in total. The zero-order valence-corrected chi connectivity index (χ0v) is 23.3. The van der Waals surface area contributed by atoms with Gasteiger partial charge in [-0.05, 0) is 63.5 Å². The Morgan fingerprint density at radius 3 is 2.63 bits per heavy atom. The lowest BCUT2D eigenvalue weighted by atomic mass is 9.99. The molecule has 3 rings (SSSR count). The van der Waals surface area contributed by atoms with Crippen molar-refractivity contribution in [2.24, 2.45) is 17.8 Å². The van der Waals surface area contributed by atoms with E-state index in [2.05, 4.69) is 27.5 Å². The van der Waals surface area contributed by atoms with Crippen LogP contribution in [0.5, 0.6) is 0 Å². The number of fused-ring (bicyclic) bond motifs is 1. The Hall–Kier alpha value is -4.26. The summed E-state index contributed by atoms with van der Waals surface area (Å²) in [6.45, 7) is 15.9. The van der Waals surface area contributed by atoms with Gasteiger partial charge in [-0.25, -0.2) is 4.98 Å². The SMILES string of the molecule is C=C(/C(C)=C(/C)c1nccc(=O)n1C)N1CCc2ncc(/C(C=NC(/C=C\C=C/C)=C(C)C)=C/N)cc2C1. The average Bonchev–Trinajstić information content (AvgIpc) is 2.92. The molecule has 0 saturated carbocycles. The first-order chi connectivity index (χ1) is 18.2. The van der Waals surface area contributed by atoms with Crippen molar-refractivity contribution in [1.29, 1.82) is 0 Å². The van der Waals surface area contributed by atoms with Gasteiger partial charge in [0.15, 0.2) is 0 Å². The second kappa shape index (κ2) is 12.8. The molecule has 1 aliphatic heterocycles. The number of nitrogens with zero attached hydrogens (tertiary/aromatic N) is 5. The summed E-state index contributed by atoms with van der Waals surface area (Å²) in [5.41, 5.74) is 14.7. The summed E-state index contributed by atoms with van der Waals surface area (Å²) in [7, 11) is 1.74. The Bertz CT molecular complexity index is 1440. The Morgan fingerprint density at radius 2 is 1.95 bits per heavy atom. The van der Waals surface area contributed by atoms with Crippen molar-refractivity contribution in [1.82, 2.24) is 19.4 Å². The van der Waals surface area contributed by atoms with E-state index >= 15 is 0 Å². The number of rotatable bonds is 8. The van der Waals surface area contributed by atoms with Crippen LogP contribution in [0.2, 0.25) is 0 Å². The molecule has 0 saturated heterocycles. The first kappa shape index (κ1) is 28.3. The van der Waals surface area contributed by atoms with Crippen LogP contribution in [0, 0.1) is 0 Å². The largest absolute Gasteiger partial charge is 0.404 e. The summed E-state index contributed by atoms with van der Waals surface area (Å²) in [5, 5.41) is 0.